The van der Waals surface area contributed by atoms with E-state index in [2.05, 4.69) is 21.2 Å². The molecule has 1 amide bonds. The summed E-state index contributed by atoms with van der Waals surface area (Å²) in [4.78, 5) is 12.3. The molecule has 1 aromatic carbocycles. The molecule has 0 saturated carbocycles. The molecule has 1 fully saturated rings. The van der Waals surface area contributed by atoms with Crippen molar-refractivity contribution in [1.82, 2.24) is 5.32 Å². The molecule has 1 aliphatic heterocycles. The van der Waals surface area contributed by atoms with E-state index in [-0.39, 0.29) is 5.91 Å². The van der Waals surface area contributed by atoms with Gasteiger partial charge in [-0.1, -0.05) is 28.1 Å². The van der Waals surface area contributed by atoms with Crippen LogP contribution in [0.3, 0.4) is 0 Å². The molecule has 1 saturated heterocycles. The Hall–Kier alpha value is -0.910. The van der Waals surface area contributed by atoms with E-state index in [1.165, 1.54) is 0 Å². The molecule has 0 bridgehead atoms. The Morgan fingerprint density at radius 2 is 2.00 bits per heavy atom. The molecule has 1 unspecified atom stereocenters. The average molecular weight is 355 g/mol. The van der Waals surface area contributed by atoms with Gasteiger partial charge in [0.05, 0.1) is 0 Å². The van der Waals surface area contributed by atoms with Crippen LogP contribution < -0.4 is 11.1 Å². The van der Waals surface area contributed by atoms with E-state index in [4.69, 9.17) is 10.5 Å². The summed E-state index contributed by atoms with van der Waals surface area (Å²) in [5, 5.41) is 2.97. The summed E-state index contributed by atoms with van der Waals surface area (Å²) in [5.41, 5.74) is 6.01. The Kier molecular flexibility index (Phi) is 5.79. The van der Waals surface area contributed by atoms with Crippen molar-refractivity contribution in [3.8, 4) is 0 Å². The first-order valence-corrected chi connectivity index (χ1v) is 8.20. The molecule has 0 radical (unpaired) electrons. The first kappa shape index (κ1) is 16.5. The monoisotopic (exact) mass is 354 g/mol. The van der Waals surface area contributed by atoms with E-state index < -0.39 is 5.54 Å². The third-order valence-corrected chi connectivity index (χ3v) is 4.62. The van der Waals surface area contributed by atoms with Gasteiger partial charge in [0.1, 0.15) is 5.54 Å². The number of rotatable bonds is 5. The third-order valence-electron chi connectivity index (χ3n) is 4.09. The molecule has 1 aromatic rings. The van der Waals surface area contributed by atoms with E-state index >= 15 is 0 Å². The van der Waals surface area contributed by atoms with E-state index in [9.17, 15) is 4.79 Å². The van der Waals surface area contributed by atoms with Crippen molar-refractivity contribution >= 4 is 21.8 Å². The smallest absolute Gasteiger partial charge is 0.244 e. The Balaban J connectivity index is 1.84. The van der Waals surface area contributed by atoms with Crippen LogP contribution in [0.1, 0.15) is 31.7 Å². The third kappa shape index (κ3) is 4.53. The fraction of sp³-hybridized carbons (Fsp3) is 0.562. The zero-order chi connectivity index (χ0) is 15.3. The molecular formula is C16H23BrN2O2. The van der Waals surface area contributed by atoms with Crippen LogP contribution in [0.2, 0.25) is 0 Å². The minimum absolute atomic E-state index is 0.128. The van der Waals surface area contributed by atoms with E-state index in [0.717, 1.165) is 42.5 Å². The van der Waals surface area contributed by atoms with Crippen molar-refractivity contribution in [3.63, 3.8) is 0 Å². The Morgan fingerprint density at radius 3 is 2.62 bits per heavy atom. The molecule has 0 aromatic heterocycles. The number of hydrogen-bond donors (Lipinski definition) is 2. The summed E-state index contributed by atoms with van der Waals surface area (Å²) in [7, 11) is 0. The van der Waals surface area contributed by atoms with Gasteiger partial charge in [0, 0.05) is 24.2 Å². The summed E-state index contributed by atoms with van der Waals surface area (Å²) in [5.74, 6) is 0.521. The lowest BCUT2D eigenvalue weighted by Crippen LogP contribution is -2.49. The zero-order valence-electron chi connectivity index (χ0n) is 12.4. The van der Waals surface area contributed by atoms with Crippen molar-refractivity contribution < 1.29 is 9.53 Å². The number of benzene rings is 1. The van der Waals surface area contributed by atoms with Crippen LogP contribution in [-0.4, -0.2) is 25.7 Å². The van der Waals surface area contributed by atoms with Gasteiger partial charge in [0.2, 0.25) is 5.91 Å². The number of nitrogens with two attached hydrogens (primary N) is 1. The topological polar surface area (TPSA) is 64.4 Å². The van der Waals surface area contributed by atoms with Gasteiger partial charge in [-0.3, -0.25) is 4.79 Å². The number of hydrogen-bond acceptors (Lipinski definition) is 3. The molecule has 2 rings (SSSR count). The number of carbonyl (C=O) groups excluding carboxylic acids is 1. The van der Waals surface area contributed by atoms with Crippen molar-refractivity contribution in [3.05, 3.63) is 34.3 Å². The molecular weight excluding hydrogens is 332 g/mol. The van der Waals surface area contributed by atoms with Gasteiger partial charge < -0.3 is 15.8 Å². The van der Waals surface area contributed by atoms with Gasteiger partial charge in [-0.05, 0) is 49.8 Å². The maximum Gasteiger partial charge on any atom is 0.244 e. The van der Waals surface area contributed by atoms with E-state index in [1.54, 1.807) is 6.92 Å². The second kappa shape index (κ2) is 7.38. The number of carbonyl (C=O) groups is 1. The highest BCUT2D eigenvalue weighted by Gasteiger charge is 2.30. The summed E-state index contributed by atoms with van der Waals surface area (Å²) in [6.45, 7) is 4.10. The Labute approximate surface area is 134 Å². The average Bonchev–Trinajstić information content (AvgIpc) is 2.48. The lowest BCUT2D eigenvalue weighted by atomic mass is 9.92. The van der Waals surface area contributed by atoms with Crippen molar-refractivity contribution in [2.24, 2.45) is 11.7 Å². The molecule has 3 N–H and O–H groups in total. The predicted molar refractivity (Wildman–Crippen MR) is 86.9 cm³/mol. The van der Waals surface area contributed by atoms with Gasteiger partial charge in [-0.2, -0.15) is 0 Å². The molecule has 1 aliphatic rings. The highest BCUT2D eigenvalue weighted by atomic mass is 79.9. The van der Waals surface area contributed by atoms with Gasteiger partial charge in [0.15, 0.2) is 0 Å². The lowest BCUT2D eigenvalue weighted by Gasteiger charge is -2.26. The SMILES string of the molecule is CC(N)(C(=O)NCCC1CCOCC1)c1ccc(Br)cc1. The normalized spacial score (nSPS) is 19.0. The maximum absolute atomic E-state index is 12.3. The maximum atomic E-state index is 12.3. The molecule has 21 heavy (non-hydrogen) atoms. The predicted octanol–water partition coefficient (Wildman–Crippen LogP) is 2.56. The molecule has 0 aliphatic carbocycles. The highest BCUT2D eigenvalue weighted by molar-refractivity contribution is 9.10. The van der Waals surface area contributed by atoms with Crippen LogP contribution in [0.25, 0.3) is 0 Å². The highest BCUT2D eigenvalue weighted by Crippen LogP contribution is 2.21. The number of nitrogens with one attached hydrogen (secondary N) is 1. The second-order valence-corrected chi connectivity index (χ2v) is 6.73. The van der Waals surface area contributed by atoms with Crippen LogP contribution in [-0.2, 0) is 15.1 Å². The van der Waals surface area contributed by atoms with Gasteiger partial charge in [0.25, 0.3) is 0 Å². The number of ether oxygens (including phenoxy) is 1. The molecule has 4 nitrogen and oxygen atoms in total. The van der Waals surface area contributed by atoms with Crippen LogP contribution in [0.5, 0.6) is 0 Å². The van der Waals surface area contributed by atoms with Crippen molar-refractivity contribution in [1.29, 1.82) is 0 Å². The fourth-order valence-electron chi connectivity index (χ4n) is 2.54. The molecule has 1 heterocycles. The largest absolute Gasteiger partial charge is 0.381 e. The second-order valence-electron chi connectivity index (χ2n) is 5.81. The summed E-state index contributed by atoms with van der Waals surface area (Å²) < 4.78 is 6.31. The van der Waals surface area contributed by atoms with Crippen molar-refractivity contribution in [2.75, 3.05) is 19.8 Å². The van der Waals surface area contributed by atoms with E-state index in [0.29, 0.717) is 12.5 Å². The molecule has 0 spiro atoms. The van der Waals surface area contributed by atoms with Crippen LogP contribution in [0, 0.1) is 5.92 Å². The first-order valence-electron chi connectivity index (χ1n) is 7.41. The lowest BCUT2D eigenvalue weighted by molar-refractivity contribution is -0.126. The number of halogens is 1. The van der Waals surface area contributed by atoms with Gasteiger partial charge in [-0.15, -0.1) is 0 Å². The quantitative estimate of drug-likeness (QED) is 0.853. The minimum Gasteiger partial charge on any atom is -0.381 e. The van der Waals surface area contributed by atoms with Crippen molar-refractivity contribution in [2.45, 2.75) is 31.7 Å². The van der Waals surface area contributed by atoms with Crippen LogP contribution >= 0.6 is 15.9 Å². The van der Waals surface area contributed by atoms with Gasteiger partial charge >= 0.3 is 0 Å². The van der Waals surface area contributed by atoms with Gasteiger partial charge in [-0.25, -0.2) is 0 Å². The van der Waals surface area contributed by atoms with E-state index in [1.807, 2.05) is 24.3 Å². The standard InChI is InChI=1S/C16H23BrN2O2/c1-16(18,13-2-4-14(17)5-3-13)15(20)19-9-6-12-7-10-21-11-8-12/h2-5,12H,6-11,18H2,1H3,(H,19,20). The minimum atomic E-state index is -1.00. The number of amides is 1. The Morgan fingerprint density at radius 1 is 1.38 bits per heavy atom. The Bertz CT molecular complexity index is 468. The summed E-state index contributed by atoms with van der Waals surface area (Å²) in [6, 6.07) is 7.55. The molecule has 5 heteroatoms. The molecule has 116 valence electrons. The zero-order valence-corrected chi connectivity index (χ0v) is 14.0. The van der Waals surface area contributed by atoms with Crippen LogP contribution in [0.15, 0.2) is 28.7 Å². The fourth-order valence-corrected chi connectivity index (χ4v) is 2.80. The summed E-state index contributed by atoms with van der Waals surface area (Å²) in [6.07, 6.45) is 3.16. The summed E-state index contributed by atoms with van der Waals surface area (Å²) >= 11 is 3.38. The molecule has 1 atom stereocenters. The first-order chi connectivity index (χ1) is 10.00. The van der Waals surface area contributed by atoms with Crippen LogP contribution in [0.4, 0.5) is 0 Å².